The van der Waals surface area contributed by atoms with Crippen LogP contribution < -0.4 is 4.90 Å². The molecular weight excluding hydrogens is 330 g/mol. The molecule has 0 atom stereocenters. The van der Waals surface area contributed by atoms with Gasteiger partial charge in [0.15, 0.2) is 0 Å². The van der Waals surface area contributed by atoms with Gasteiger partial charge in [0.25, 0.3) is 0 Å². The molecule has 0 amide bonds. The number of fused-ring (bicyclic) bond motifs is 1. The van der Waals surface area contributed by atoms with Crippen molar-refractivity contribution >= 4 is 11.8 Å². The third-order valence-corrected chi connectivity index (χ3v) is 3.88. The standard InChI is InChI=1S/C17H21N3O3.C2H6.CH4/c1-3-23-8-4-6-19-7-5-15-10-14(9-13(2)20(21)22)11-16(12-18)17(15)19;1-2;/h9-11H,3-8H2,1-2H3;1-2H3;1H4/b13-9+;;. The lowest BCUT2D eigenvalue weighted by molar-refractivity contribution is -0.422. The van der Waals surface area contributed by atoms with Crippen LogP contribution >= 0.6 is 0 Å². The Kier molecular flexibility index (Phi) is 10.9. The van der Waals surface area contributed by atoms with Crippen LogP contribution in [0.1, 0.15) is 58.2 Å². The second-order valence-corrected chi connectivity index (χ2v) is 5.52. The predicted molar refractivity (Wildman–Crippen MR) is 107 cm³/mol. The van der Waals surface area contributed by atoms with Gasteiger partial charge in [0.05, 0.1) is 16.2 Å². The first-order valence-corrected chi connectivity index (χ1v) is 8.79. The van der Waals surface area contributed by atoms with Crippen molar-refractivity contribution in [3.05, 3.63) is 44.6 Å². The van der Waals surface area contributed by atoms with Crippen LogP contribution in [0.5, 0.6) is 0 Å². The molecule has 0 saturated carbocycles. The number of anilines is 1. The topological polar surface area (TPSA) is 79.4 Å². The molecule has 0 saturated heterocycles. The minimum absolute atomic E-state index is 0. The predicted octanol–water partition coefficient (Wildman–Crippen LogP) is 4.65. The van der Waals surface area contributed by atoms with E-state index >= 15 is 0 Å². The van der Waals surface area contributed by atoms with E-state index in [1.54, 1.807) is 6.07 Å². The van der Waals surface area contributed by atoms with E-state index in [2.05, 4.69) is 11.0 Å². The quantitative estimate of drug-likeness (QED) is 0.401. The number of nitro groups is 1. The maximum Gasteiger partial charge on any atom is 0.243 e. The van der Waals surface area contributed by atoms with Crippen molar-refractivity contribution in [2.75, 3.05) is 31.2 Å². The second kappa shape index (κ2) is 12.0. The fourth-order valence-corrected chi connectivity index (χ4v) is 2.84. The molecule has 0 aromatic heterocycles. The Bertz CT molecular complexity index is 663. The maximum absolute atomic E-state index is 10.8. The molecule has 0 radical (unpaired) electrons. The molecular formula is C20H31N3O3. The van der Waals surface area contributed by atoms with Crippen LogP contribution in [0.2, 0.25) is 0 Å². The molecule has 0 fully saturated rings. The molecule has 2 rings (SSSR count). The van der Waals surface area contributed by atoms with E-state index < -0.39 is 4.92 Å². The number of benzene rings is 1. The number of rotatable bonds is 7. The van der Waals surface area contributed by atoms with Gasteiger partial charge in [-0.05, 0) is 43.0 Å². The Morgan fingerprint density at radius 3 is 2.73 bits per heavy atom. The van der Waals surface area contributed by atoms with Crippen molar-refractivity contribution in [2.45, 2.75) is 48.0 Å². The van der Waals surface area contributed by atoms with E-state index in [0.29, 0.717) is 24.3 Å². The van der Waals surface area contributed by atoms with E-state index in [1.165, 1.54) is 13.0 Å². The van der Waals surface area contributed by atoms with Crippen LogP contribution in [0.4, 0.5) is 5.69 Å². The summed E-state index contributed by atoms with van der Waals surface area (Å²) in [6.45, 7) is 10.6. The van der Waals surface area contributed by atoms with Crippen LogP contribution in [0.3, 0.4) is 0 Å². The first kappa shape index (κ1) is 23.6. The summed E-state index contributed by atoms with van der Waals surface area (Å²) >= 11 is 0. The van der Waals surface area contributed by atoms with Gasteiger partial charge in [-0.25, -0.2) is 0 Å². The zero-order valence-corrected chi connectivity index (χ0v) is 15.5. The summed E-state index contributed by atoms with van der Waals surface area (Å²) in [5.74, 6) is 0. The first-order chi connectivity index (χ1) is 12.1. The van der Waals surface area contributed by atoms with E-state index in [4.69, 9.17) is 4.74 Å². The molecule has 1 aliphatic heterocycles. The molecule has 1 aromatic carbocycles. The first-order valence-electron chi connectivity index (χ1n) is 8.79. The minimum atomic E-state index is -0.417. The molecule has 1 aromatic rings. The van der Waals surface area contributed by atoms with E-state index in [-0.39, 0.29) is 13.1 Å². The number of allylic oxidation sites excluding steroid dienone is 1. The number of nitriles is 1. The Balaban J connectivity index is 0.00000201. The third kappa shape index (κ3) is 6.16. The lowest BCUT2D eigenvalue weighted by Gasteiger charge is -2.20. The van der Waals surface area contributed by atoms with Gasteiger partial charge in [-0.3, -0.25) is 10.1 Å². The van der Waals surface area contributed by atoms with Gasteiger partial charge >= 0.3 is 0 Å². The molecule has 144 valence electrons. The summed E-state index contributed by atoms with van der Waals surface area (Å²) < 4.78 is 5.36. The Hall–Kier alpha value is -2.39. The molecule has 0 aliphatic carbocycles. The molecule has 6 heteroatoms. The van der Waals surface area contributed by atoms with Gasteiger partial charge in [0, 0.05) is 39.3 Å². The highest BCUT2D eigenvalue weighted by atomic mass is 16.6. The van der Waals surface area contributed by atoms with Crippen molar-refractivity contribution in [2.24, 2.45) is 0 Å². The van der Waals surface area contributed by atoms with Gasteiger partial charge < -0.3 is 9.64 Å². The van der Waals surface area contributed by atoms with Crippen LogP contribution in [0.15, 0.2) is 17.8 Å². The smallest absolute Gasteiger partial charge is 0.243 e. The molecule has 0 spiro atoms. The van der Waals surface area contributed by atoms with E-state index in [0.717, 1.165) is 37.2 Å². The van der Waals surface area contributed by atoms with Crippen molar-refractivity contribution in [1.29, 1.82) is 5.26 Å². The van der Waals surface area contributed by atoms with Gasteiger partial charge in [-0.15, -0.1) is 0 Å². The van der Waals surface area contributed by atoms with Gasteiger partial charge in [-0.2, -0.15) is 5.26 Å². The van der Waals surface area contributed by atoms with Gasteiger partial charge in [-0.1, -0.05) is 21.3 Å². The second-order valence-electron chi connectivity index (χ2n) is 5.52. The zero-order valence-electron chi connectivity index (χ0n) is 15.5. The molecule has 26 heavy (non-hydrogen) atoms. The highest BCUT2D eigenvalue weighted by Crippen LogP contribution is 2.33. The zero-order chi connectivity index (χ0) is 18.8. The van der Waals surface area contributed by atoms with E-state index in [9.17, 15) is 15.4 Å². The minimum Gasteiger partial charge on any atom is -0.382 e. The highest BCUT2D eigenvalue weighted by Gasteiger charge is 2.23. The SMILES string of the molecule is C.CC.CCOCCCN1CCc2cc(/C=C(\C)[N+](=O)[O-])cc(C#N)c21. The van der Waals surface area contributed by atoms with Crippen LogP contribution in [-0.2, 0) is 11.2 Å². The summed E-state index contributed by atoms with van der Waals surface area (Å²) in [6.07, 6.45) is 3.29. The van der Waals surface area contributed by atoms with Crippen LogP contribution in [0, 0.1) is 21.4 Å². The monoisotopic (exact) mass is 361 g/mol. The third-order valence-electron chi connectivity index (χ3n) is 3.88. The molecule has 0 bridgehead atoms. The normalized spacial score (nSPS) is 12.4. The molecule has 1 aliphatic rings. The average Bonchev–Trinajstić information content (AvgIpc) is 3.02. The van der Waals surface area contributed by atoms with Gasteiger partial charge in [0.2, 0.25) is 5.70 Å². The van der Waals surface area contributed by atoms with Gasteiger partial charge in [0.1, 0.15) is 6.07 Å². The van der Waals surface area contributed by atoms with Crippen LogP contribution in [-0.4, -0.2) is 31.2 Å². The largest absolute Gasteiger partial charge is 0.382 e. The van der Waals surface area contributed by atoms with Crippen LogP contribution in [0.25, 0.3) is 6.08 Å². The molecule has 6 nitrogen and oxygen atoms in total. The summed E-state index contributed by atoms with van der Waals surface area (Å²) in [5.41, 5.74) is 3.42. The lowest BCUT2D eigenvalue weighted by Crippen LogP contribution is -2.23. The highest BCUT2D eigenvalue weighted by molar-refractivity contribution is 5.71. The van der Waals surface area contributed by atoms with Crippen molar-refractivity contribution < 1.29 is 9.66 Å². The van der Waals surface area contributed by atoms with Crippen molar-refractivity contribution in [1.82, 2.24) is 0 Å². The maximum atomic E-state index is 10.8. The summed E-state index contributed by atoms with van der Waals surface area (Å²) in [4.78, 5) is 12.6. The number of hydrogen-bond acceptors (Lipinski definition) is 5. The van der Waals surface area contributed by atoms with Crippen molar-refractivity contribution in [3.63, 3.8) is 0 Å². The fraction of sp³-hybridized carbons (Fsp3) is 0.550. The lowest BCUT2D eigenvalue weighted by atomic mass is 10.0. The average molecular weight is 361 g/mol. The summed E-state index contributed by atoms with van der Waals surface area (Å²) in [5, 5.41) is 20.2. The molecule has 0 unspecified atom stereocenters. The molecule has 1 heterocycles. The number of nitrogens with zero attached hydrogens (tertiary/aromatic N) is 3. The van der Waals surface area contributed by atoms with E-state index in [1.807, 2.05) is 26.8 Å². The summed E-state index contributed by atoms with van der Waals surface area (Å²) in [6, 6.07) is 5.91. The molecule has 0 N–H and O–H groups in total. The Labute approximate surface area is 157 Å². The van der Waals surface area contributed by atoms with Crippen molar-refractivity contribution in [3.8, 4) is 6.07 Å². The number of ether oxygens (including phenoxy) is 1. The summed E-state index contributed by atoms with van der Waals surface area (Å²) in [7, 11) is 0. The fourth-order valence-electron chi connectivity index (χ4n) is 2.84. The Morgan fingerprint density at radius 2 is 2.15 bits per heavy atom. The number of hydrogen-bond donors (Lipinski definition) is 0. The Morgan fingerprint density at radius 1 is 1.46 bits per heavy atom.